The number of hydrogen-bond acceptors (Lipinski definition) is 5. The average Bonchev–Trinajstić information content (AvgIpc) is 3.10. The molecule has 0 atom stereocenters. The minimum atomic E-state index is -0.0259. The van der Waals surface area contributed by atoms with Crippen LogP contribution >= 0.6 is 0 Å². The van der Waals surface area contributed by atoms with Crippen molar-refractivity contribution in [2.24, 2.45) is 7.05 Å². The lowest BCUT2D eigenvalue weighted by atomic mass is 10.1. The molecule has 0 spiro atoms. The van der Waals surface area contributed by atoms with Gasteiger partial charge in [0.25, 0.3) is 5.91 Å². The average molecular weight is 415 g/mol. The van der Waals surface area contributed by atoms with Crippen molar-refractivity contribution in [2.75, 3.05) is 19.4 Å². The Hall–Kier alpha value is -3.74. The normalized spacial score (nSPS) is 11.0. The molecule has 7 nitrogen and oxygen atoms in total. The van der Waals surface area contributed by atoms with Gasteiger partial charge >= 0.3 is 0 Å². The van der Waals surface area contributed by atoms with Crippen LogP contribution < -0.4 is 5.32 Å². The Morgan fingerprint density at radius 3 is 2.61 bits per heavy atom. The van der Waals surface area contributed by atoms with Gasteiger partial charge in [-0.05, 0) is 48.4 Å². The number of fused-ring (bicyclic) bond motifs is 1. The molecule has 0 fully saturated rings. The lowest BCUT2D eigenvalue weighted by Gasteiger charge is -2.11. The highest BCUT2D eigenvalue weighted by molar-refractivity contribution is 5.99. The quantitative estimate of drug-likeness (QED) is 0.505. The van der Waals surface area contributed by atoms with Gasteiger partial charge in [-0.15, -0.1) is 0 Å². The lowest BCUT2D eigenvalue weighted by molar-refractivity contribution is 0.0819. The highest BCUT2D eigenvalue weighted by Crippen LogP contribution is 2.25. The number of amides is 1. The summed E-state index contributed by atoms with van der Waals surface area (Å²) in [6, 6.07) is 13.8. The van der Waals surface area contributed by atoms with Crippen molar-refractivity contribution < 1.29 is 4.79 Å². The Bertz CT molecular complexity index is 1240. The molecule has 1 amide bonds. The van der Waals surface area contributed by atoms with Crippen LogP contribution in [0.2, 0.25) is 0 Å². The zero-order valence-electron chi connectivity index (χ0n) is 18.3. The van der Waals surface area contributed by atoms with Gasteiger partial charge in [0.05, 0.1) is 16.9 Å². The SMILES string of the molecule is CCCc1ccnc(-c2ccnc(Nc3ccc4cc(C(=O)N(C)C)n(C)c4c3)n2)c1. The van der Waals surface area contributed by atoms with Crippen molar-refractivity contribution in [3.63, 3.8) is 0 Å². The molecular formula is C24H26N6O. The van der Waals surface area contributed by atoms with Crippen LogP contribution in [0.1, 0.15) is 29.4 Å². The third-order valence-corrected chi connectivity index (χ3v) is 5.21. The summed E-state index contributed by atoms with van der Waals surface area (Å²) in [7, 11) is 5.41. The van der Waals surface area contributed by atoms with Gasteiger partial charge in [-0.2, -0.15) is 0 Å². The van der Waals surface area contributed by atoms with Crippen molar-refractivity contribution in [2.45, 2.75) is 19.8 Å². The highest BCUT2D eigenvalue weighted by atomic mass is 16.2. The fourth-order valence-electron chi connectivity index (χ4n) is 3.59. The van der Waals surface area contributed by atoms with Crippen LogP contribution in [0.15, 0.2) is 54.9 Å². The van der Waals surface area contributed by atoms with Crippen molar-refractivity contribution in [3.8, 4) is 11.4 Å². The number of anilines is 2. The summed E-state index contributed by atoms with van der Waals surface area (Å²) in [5.41, 5.74) is 5.31. The number of aromatic nitrogens is 4. The fourth-order valence-corrected chi connectivity index (χ4v) is 3.59. The Morgan fingerprint density at radius 1 is 1.03 bits per heavy atom. The molecule has 31 heavy (non-hydrogen) atoms. The number of benzene rings is 1. The topological polar surface area (TPSA) is 75.9 Å². The van der Waals surface area contributed by atoms with E-state index in [1.807, 2.05) is 54.2 Å². The van der Waals surface area contributed by atoms with E-state index in [2.05, 4.69) is 33.3 Å². The predicted octanol–water partition coefficient (Wildman–Crippen LogP) is 4.43. The summed E-state index contributed by atoms with van der Waals surface area (Å²) in [6.07, 6.45) is 5.66. The van der Waals surface area contributed by atoms with Crippen molar-refractivity contribution in [3.05, 3.63) is 66.1 Å². The van der Waals surface area contributed by atoms with E-state index in [0.717, 1.165) is 40.8 Å². The van der Waals surface area contributed by atoms with Gasteiger partial charge in [-0.3, -0.25) is 9.78 Å². The Kier molecular flexibility index (Phi) is 5.66. The van der Waals surface area contributed by atoms with Gasteiger partial charge in [-0.1, -0.05) is 19.4 Å². The first-order valence-electron chi connectivity index (χ1n) is 10.3. The second kappa shape index (κ2) is 8.55. The van der Waals surface area contributed by atoms with Crippen LogP contribution in [0, 0.1) is 0 Å². The van der Waals surface area contributed by atoms with Gasteiger partial charge < -0.3 is 14.8 Å². The van der Waals surface area contributed by atoms with Gasteiger partial charge in [0.15, 0.2) is 0 Å². The molecule has 1 aromatic carbocycles. The number of carbonyl (C=O) groups is 1. The van der Waals surface area contributed by atoms with Crippen LogP contribution in [0.5, 0.6) is 0 Å². The maximum atomic E-state index is 12.4. The first kappa shape index (κ1) is 20.5. The third-order valence-electron chi connectivity index (χ3n) is 5.21. The van der Waals surface area contributed by atoms with Gasteiger partial charge in [0, 0.05) is 44.6 Å². The molecule has 0 unspecified atom stereocenters. The zero-order valence-corrected chi connectivity index (χ0v) is 18.3. The molecule has 1 N–H and O–H groups in total. The van der Waals surface area contributed by atoms with Crippen LogP contribution in [0.25, 0.3) is 22.3 Å². The number of carbonyl (C=O) groups excluding carboxylic acids is 1. The number of nitrogens with one attached hydrogen (secondary N) is 1. The summed E-state index contributed by atoms with van der Waals surface area (Å²) >= 11 is 0. The monoisotopic (exact) mass is 414 g/mol. The second-order valence-corrected chi connectivity index (χ2v) is 7.75. The van der Waals surface area contributed by atoms with Crippen molar-refractivity contribution >= 4 is 28.4 Å². The molecule has 0 aliphatic heterocycles. The number of hydrogen-bond donors (Lipinski definition) is 1. The molecule has 3 aromatic heterocycles. The smallest absolute Gasteiger partial charge is 0.269 e. The molecule has 7 heteroatoms. The molecule has 4 aromatic rings. The van der Waals surface area contributed by atoms with Gasteiger partial charge in [0.2, 0.25) is 5.95 Å². The van der Waals surface area contributed by atoms with E-state index in [0.29, 0.717) is 11.6 Å². The molecule has 158 valence electrons. The molecular weight excluding hydrogens is 388 g/mol. The molecule has 3 heterocycles. The summed E-state index contributed by atoms with van der Waals surface area (Å²) in [4.78, 5) is 27.5. The minimum Gasteiger partial charge on any atom is -0.343 e. The van der Waals surface area contributed by atoms with E-state index >= 15 is 0 Å². The molecule has 4 rings (SSSR count). The zero-order chi connectivity index (χ0) is 22.0. The minimum absolute atomic E-state index is 0.0259. The van der Waals surface area contributed by atoms with E-state index in [-0.39, 0.29) is 5.91 Å². The molecule has 0 saturated carbocycles. The predicted molar refractivity (Wildman–Crippen MR) is 123 cm³/mol. The van der Waals surface area contributed by atoms with Crippen LogP contribution in [0.4, 0.5) is 11.6 Å². The first-order chi connectivity index (χ1) is 15.0. The number of rotatable bonds is 6. The molecule has 0 aliphatic rings. The van der Waals surface area contributed by atoms with E-state index in [1.165, 1.54) is 5.56 Å². The summed E-state index contributed by atoms with van der Waals surface area (Å²) in [5.74, 6) is 0.473. The van der Waals surface area contributed by atoms with Crippen LogP contribution in [-0.2, 0) is 13.5 Å². The van der Waals surface area contributed by atoms with Gasteiger partial charge in [-0.25, -0.2) is 9.97 Å². The molecule has 0 saturated heterocycles. The molecule has 0 aliphatic carbocycles. The number of nitrogens with zero attached hydrogens (tertiary/aromatic N) is 5. The Labute approximate surface area is 181 Å². The Morgan fingerprint density at radius 2 is 1.84 bits per heavy atom. The van der Waals surface area contributed by atoms with Crippen LogP contribution in [-0.4, -0.2) is 44.4 Å². The number of pyridine rings is 1. The van der Waals surface area contributed by atoms with Crippen LogP contribution in [0.3, 0.4) is 0 Å². The summed E-state index contributed by atoms with van der Waals surface area (Å²) in [6.45, 7) is 2.16. The number of aryl methyl sites for hydroxylation is 2. The fraction of sp³-hybridized carbons (Fsp3) is 0.250. The molecule has 0 radical (unpaired) electrons. The third kappa shape index (κ3) is 4.26. The highest BCUT2D eigenvalue weighted by Gasteiger charge is 2.15. The Balaban J connectivity index is 1.62. The van der Waals surface area contributed by atoms with E-state index in [4.69, 9.17) is 0 Å². The lowest BCUT2D eigenvalue weighted by Crippen LogP contribution is -2.23. The standard InChI is InChI=1S/C24H26N6O/c1-5-6-16-9-11-25-20(13-16)19-10-12-26-24(28-19)27-18-8-7-17-14-22(23(31)29(2)3)30(4)21(17)15-18/h7-15H,5-6H2,1-4H3,(H,26,27,28). The van der Waals surface area contributed by atoms with Gasteiger partial charge in [0.1, 0.15) is 5.69 Å². The van der Waals surface area contributed by atoms with E-state index in [9.17, 15) is 4.79 Å². The molecule has 0 bridgehead atoms. The van der Waals surface area contributed by atoms with E-state index in [1.54, 1.807) is 25.2 Å². The summed E-state index contributed by atoms with van der Waals surface area (Å²) < 4.78 is 1.91. The maximum absolute atomic E-state index is 12.4. The van der Waals surface area contributed by atoms with E-state index < -0.39 is 0 Å². The second-order valence-electron chi connectivity index (χ2n) is 7.75. The maximum Gasteiger partial charge on any atom is 0.269 e. The first-order valence-corrected chi connectivity index (χ1v) is 10.3. The van der Waals surface area contributed by atoms with Crippen molar-refractivity contribution in [1.29, 1.82) is 0 Å². The summed E-state index contributed by atoms with van der Waals surface area (Å²) in [5, 5.41) is 4.28. The largest absolute Gasteiger partial charge is 0.343 e. The van der Waals surface area contributed by atoms with Crippen molar-refractivity contribution in [1.82, 2.24) is 24.4 Å².